The van der Waals surface area contributed by atoms with E-state index in [1.807, 2.05) is 20.2 Å². The molecule has 0 spiro atoms. The van der Waals surface area contributed by atoms with Gasteiger partial charge in [-0.2, -0.15) is 0 Å². The highest BCUT2D eigenvalue weighted by Crippen LogP contribution is 2.23. The molecule has 112 valence electrons. The molecule has 0 saturated carbocycles. The van der Waals surface area contributed by atoms with Crippen LogP contribution in [-0.4, -0.2) is 14.1 Å². The van der Waals surface area contributed by atoms with Crippen LogP contribution in [0.1, 0.15) is 16.7 Å². The molecular weight excluding hydrogens is 254 g/mol. The average Bonchev–Trinajstić information content (AvgIpc) is 2.51. The van der Waals surface area contributed by atoms with E-state index in [0.717, 1.165) is 0 Å². The van der Waals surface area contributed by atoms with Gasteiger partial charge in [-0.15, -0.1) is 13.2 Å². The molecule has 1 nitrogen and oxygen atoms in total. The number of rotatable bonds is 2. The highest BCUT2D eigenvalue weighted by molar-refractivity contribution is 5.68. The molecule has 0 radical (unpaired) electrons. The normalized spacial score (nSPS) is 8.76. The van der Waals surface area contributed by atoms with Crippen LogP contribution in [0.3, 0.4) is 0 Å². The van der Waals surface area contributed by atoms with Crippen LogP contribution in [0.4, 0.5) is 0 Å². The maximum Gasteiger partial charge on any atom is -0.0167 e. The van der Waals surface area contributed by atoms with Gasteiger partial charge in [-0.1, -0.05) is 54.6 Å². The van der Waals surface area contributed by atoms with Crippen molar-refractivity contribution in [1.29, 1.82) is 0 Å². The quantitative estimate of drug-likeness (QED) is 0.741. The highest BCUT2D eigenvalue weighted by Gasteiger charge is 1.99. The van der Waals surface area contributed by atoms with Crippen LogP contribution in [0.2, 0.25) is 0 Å². The van der Waals surface area contributed by atoms with Gasteiger partial charge in [0, 0.05) is 0 Å². The summed E-state index contributed by atoms with van der Waals surface area (Å²) in [5, 5.41) is 2.75. The van der Waals surface area contributed by atoms with Crippen molar-refractivity contribution in [3.63, 3.8) is 0 Å². The Labute approximate surface area is 130 Å². The van der Waals surface area contributed by atoms with Gasteiger partial charge in [0.15, 0.2) is 0 Å². The first-order valence-electron chi connectivity index (χ1n) is 7.01. The van der Waals surface area contributed by atoms with Gasteiger partial charge >= 0.3 is 0 Å². The molecule has 0 atom stereocenters. The monoisotopic (exact) mass is 281 g/mol. The van der Waals surface area contributed by atoms with Crippen LogP contribution in [-0.2, 0) is 0 Å². The molecule has 0 aliphatic carbocycles. The van der Waals surface area contributed by atoms with Gasteiger partial charge in [-0.3, -0.25) is 0 Å². The second-order valence-corrected chi connectivity index (χ2v) is 4.64. The van der Waals surface area contributed by atoms with E-state index >= 15 is 0 Å². The average molecular weight is 281 g/mol. The smallest absolute Gasteiger partial charge is 0.0167 e. The third-order valence-corrected chi connectivity index (χ3v) is 2.88. The van der Waals surface area contributed by atoms with Crippen molar-refractivity contribution in [3.05, 3.63) is 78.9 Å². The maximum atomic E-state index is 3.84. The van der Waals surface area contributed by atoms with E-state index in [4.69, 9.17) is 0 Å². The largest absolute Gasteiger partial charge is 0.323 e. The van der Waals surface area contributed by atoms with Crippen LogP contribution in [0, 0.1) is 13.8 Å². The maximum absolute atomic E-state index is 3.84. The van der Waals surface area contributed by atoms with E-state index in [1.165, 1.54) is 27.8 Å². The first-order chi connectivity index (χ1) is 10.1. The van der Waals surface area contributed by atoms with Gasteiger partial charge < -0.3 is 5.32 Å². The Hall–Kier alpha value is -2.12. The Balaban J connectivity index is 0.000000713. The van der Waals surface area contributed by atoms with E-state index < -0.39 is 0 Å². The predicted octanol–water partition coefficient (Wildman–Crippen LogP) is 5.25. The van der Waals surface area contributed by atoms with Gasteiger partial charge in [0.25, 0.3) is 0 Å². The summed E-state index contributed by atoms with van der Waals surface area (Å²) in [5.41, 5.74) is 6.28. The molecule has 2 aromatic carbocycles. The molecule has 0 aromatic heterocycles. The molecule has 0 bridgehead atoms. The molecule has 0 aliphatic rings. The molecule has 0 unspecified atom stereocenters. The number of aryl methyl sites for hydroxylation is 2. The molecule has 2 aromatic rings. The van der Waals surface area contributed by atoms with Gasteiger partial charge in [-0.05, 0) is 56.3 Å². The van der Waals surface area contributed by atoms with Crippen molar-refractivity contribution < 1.29 is 0 Å². The molecule has 0 heterocycles. The Kier molecular flexibility index (Phi) is 9.57. The number of hydrogen-bond donors (Lipinski definition) is 1. The fraction of sp³-hybridized carbons (Fsp3) is 0.200. The van der Waals surface area contributed by atoms with Crippen LogP contribution in [0.5, 0.6) is 0 Å². The van der Waals surface area contributed by atoms with E-state index in [2.05, 4.69) is 81.4 Å². The standard InChI is InChI=1S/C16H16.C2H7N.C2H4/c1-4-14-11-16(10-7-13(14)3)15-8-5-12(2)6-9-15;1-3-2;1-2/h4-11H,1H2,2-3H3;3H,1-2H3;1-2H2. The molecule has 0 saturated heterocycles. The zero-order valence-corrected chi connectivity index (χ0v) is 13.7. The van der Waals surface area contributed by atoms with Crippen LogP contribution >= 0.6 is 0 Å². The zero-order valence-electron chi connectivity index (χ0n) is 13.7. The lowest BCUT2D eigenvalue weighted by molar-refractivity contribution is 1.02. The van der Waals surface area contributed by atoms with Gasteiger partial charge in [0.2, 0.25) is 0 Å². The second kappa shape index (κ2) is 10.6. The molecule has 0 aliphatic heterocycles. The van der Waals surface area contributed by atoms with Crippen molar-refractivity contribution in [1.82, 2.24) is 5.32 Å². The summed E-state index contributed by atoms with van der Waals surface area (Å²) in [5.74, 6) is 0. The Morgan fingerprint density at radius 2 is 1.33 bits per heavy atom. The lowest BCUT2D eigenvalue weighted by Gasteiger charge is -2.06. The first kappa shape index (κ1) is 18.9. The third kappa shape index (κ3) is 6.24. The minimum absolute atomic E-state index is 1.21. The predicted molar refractivity (Wildman–Crippen MR) is 97.7 cm³/mol. The van der Waals surface area contributed by atoms with Gasteiger partial charge in [0.1, 0.15) is 0 Å². The third-order valence-electron chi connectivity index (χ3n) is 2.88. The second-order valence-electron chi connectivity index (χ2n) is 4.64. The zero-order chi connectivity index (χ0) is 16.3. The summed E-state index contributed by atoms with van der Waals surface area (Å²) < 4.78 is 0. The molecule has 0 amide bonds. The molecule has 21 heavy (non-hydrogen) atoms. The number of benzene rings is 2. The lowest BCUT2D eigenvalue weighted by atomic mass is 9.99. The first-order valence-corrected chi connectivity index (χ1v) is 7.01. The summed E-state index contributed by atoms with van der Waals surface area (Å²) in [6.45, 7) is 14.1. The Morgan fingerprint density at radius 3 is 1.81 bits per heavy atom. The molecule has 1 heteroatoms. The number of nitrogens with one attached hydrogen (secondary N) is 1. The molecule has 1 N–H and O–H groups in total. The Morgan fingerprint density at radius 1 is 0.857 bits per heavy atom. The van der Waals surface area contributed by atoms with E-state index in [9.17, 15) is 0 Å². The summed E-state index contributed by atoms with van der Waals surface area (Å²) in [4.78, 5) is 0. The molecule has 2 rings (SSSR count). The van der Waals surface area contributed by atoms with Gasteiger partial charge in [0.05, 0.1) is 0 Å². The summed E-state index contributed by atoms with van der Waals surface area (Å²) in [7, 11) is 3.75. The molecular formula is C20H27N. The summed E-state index contributed by atoms with van der Waals surface area (Å²) >= 11 is 0. The van der Waals surface area contributed by atoms with Gasteiger partial charge in [-0.25, -0.2) is 0 Å². The van der Waals surface area contributed by atoms with Crippen molar-refractivity contribution >= 4 is 6.08 Å². The van der Waals surface area contributed by atoms with Crippen molar-refractivity contribution in [2.45, 2.75) is 13.8 Å². The van der Waals surface area contributed by atoms with Crippen molar-refractivity contribution in [2.75, 3.05) is 14.1 Å². The fourth-order valence-corrected chi connectivity index (χ4v) is 1.79. The number of hydrogen-bond acceptors (Lipinski definition) is 1. The van der Waals surface area contributed by atoms with Crippen molar-refractivity contribution in [3.8, 4) is 11.1 Å². The summed E-state index contributed by atoms with van der Waals surface area (Å²) in [6.07, 6.45) is 1.91. The minimum atomic E-state index is 1.21. The molecule has 0 fully saturated rings. The highest BCUT2D eigenvalue weighted by atomic mass is 14.7. The SMILES string of the molecule is C=C.C=Cc1cc(-c2ccc(C)cc2)ccc1C.CNC. The van der Waals surface area contributed by atoms with Crippen LogP contribution in [0.25, 0.3) is 17.2 Å². The fourth-order valence-electron chi connectivity index (χ4n) is 1.79. The van der Waals surface area contributed by atoms with Crippen molar-refractivity contribution in [2.24, 2.45) is 0 Å². The van der Waals surface area contributed by atoms with E-state index in [1.54, 1.807) is 0 Å². The Bertz CT molecular complexity index is 538. The minimum Gasteiger partial charge on any atom is -0.323 e. The summed E-state index contributed by atoms with van der Waals surface area (Å²) in [6, 6.07) is 15.1. The van der Waals surface area contributed by atoms with Crippen LogP contribution < -0.4 is 5.32 Å². The van der Waals surface area contributed by atoms with E-state index in [-0.39, 0.29) is 0 Å². The lowest BCUT2D eigenvalue weighted by Crippen LogP contribution is -1.89. The van der Waals surface area contributed by atoms with Crippen LogP contribution in [0.15, 0.2) is 62.2 Å². The van der Waals surface area contributed by atoms with E-state index in [0.29, 0.717) is 0 Å². The topological polar surface area (TPSA) is 12.0 Å².